The van der Waals surface area contributed by atoms with Crippen LogP contribution in [0, 0.1) is 29.6 Å². The molecule has 0 bridgehead atoms. The minimum absolute atomic E-state index is 0.0829. The maximum atomic E-state index is 12.5. The van der Waals surface area contributed by atoms with Crippen molar-refractivity contribution < 1.29 is 8.42 Å². The molecule has 0 spiro atoms. The Bertz CT molecular complexity index is 895. The van der Waals surface area contributed by atoms with Crippen molar-refractivity contribution >= 4 is 15.9 Å². The molecule has 2 aromatic carbocycles. The zero-order valence-electron chi connectivity index (χ0n) is 11.8. The van der Waals surface area contributed by atoms with Crippen molar-refractivity contribution in [2.45, 2.75) is 11.8 Å². The van der Waals surface area contributed by atoms with E-state index in [0.29, 0.717) is 11.1 Å². The Labute approximate surface area is 129 Å². The van der Waals surface area contributed by atoms with E-state index >= 15 is 0 Å². The van der Waals surface area contributed by atoms with E-state index in [0.717, 1.165) is 5.56 Å². The summed E-state index contributed by atoms with van der Waals surface area (Å²) in [5.41, 5.74) is 1.96. The van der Waals surface area contributed by atoms with Crippen molar-refractivity contribution in [3.63, 3.8) is 0 Å². The summed E-state index contributed by atoms with van der Waals surface area (Å²) < 4.78 is 24.9. The monoisotopic (exact) mass is 308 g/mol. The molecule has 0 heterocycles. The van der Waals surface area contributed by atoms with Gasteiger partial charge in [0.1, 0.15) is 11.0 Å². The number of nitriles is 2. The lowest BCUT2D eigenvalue weighted by Crippen LogP contribution is -2.03. The van der Waals surface area contributed by atoms with Gasteiger partial charge in [0.25, 0.3) is 0 Å². The van der Waals surface area contributed by atoms with Gasteiger partial charge in [-0.05, 0) is 42.8 Å². The zero-order valence-corrected chi connectivity index (χ0v) is 12.6. The van der Waals surface area contributed by atoms with Crippen LogP contribution in [0.1, 0.15) is 16.7 Å². The molecule has 0 unspecified atom stereocenters. The van der Waals surface area contributed by atoms with Crippen LogP contribution in [0.5, 0.6) is 0 Å². The first-order valence-corrected chi connectivity index (χ1v) is 7.89. The van der Waals surface area contributed by atoms with E-state index in [9.17, 15) is 13.7 Å². The summed E-state index contributed by atoms with van der Waals surface area (Å²) in [7, 11) is -3.85. The standard InChI is InChI=1S/C17H12N2O2S/c1-13-2-8-16(9-3-13)22(20,21)17(12-19)10-14-4-6-15(11-18)7-5-14/h2-10H,1H3/b17-10+. The average Bonchev–Trinajstić information content (AvgIpc) is 2.53. The van der Waals surface area contributed by atoms with Gasteiger partial charge in [0, 0.05) is 0 Å². The summed E-state index contributed by atoms with van der Waals surface area (Å²) >= 11 is 0. The quantitative estimate of drug-likeness (QED) is 0.815. The first-order valence-electron chi connectivity index (χ1n) is 6.41. The molecule has 0 N–H and O–H groups in total. The minimum atomic E-state index is -3.85. The molecule has 0 aliphatic rings. The Balaban J connectivity index is 2.46. The maximum Gasteiger partial charge on any atom is 0.216 e. The van der Waals surface area contributed by atoms with Gasteiger partial charge in [-0.1, -0.05) is 29.8 Å². The summed E-state index contributed by atoms with van der Waals surface area (Å²) in [5, 5.41) is 17.9. The molecular weight excluding hydrogens is 296 g/mol. The maximum absolute atomic E-state index is 12.5. The van der Waals surface area contributed by atoms with Gasteiger partial charge in [0.15, 0.2) is 0 Å². The van der Waals surface area contributed by atoms with Crippen molar-refractivity contribution in [2.24, 2.45) is 0 Å². The second kappa shape index (κ2) is 6.26. The second-order valence-electron chi connectivity index (χ2n) is 4.67. The number of sulfone groups is 1. The Kier molecular flexibility index (Phi) is 4.41. The Hall–Kier alpha value is -2.89. The Morgan fingerprint density at radius 3 is 2.09 bits per heavy atom. The van der Waals surface area contributed by atoms with Crippen molar-refractivity contribution in [1.82, 2.24) is 0 Å². The van der Waals surface area contributed by atoms with Crippen molar-refractivity contribution in [3.05, 3.63) is 70.1 Å². The highest BCUT2D eigenvalue weighted by Crippen LogP contribution is 2.21. The van der Waals surface area contributed by atoms with Crippen LogP contribution in [0.15, 0.2) is 58.3 Å². The van der Waals surface area contributed by atoms with Crippen molar-refractivity contribution in [3.8, 4) is 12.1 Å². The van der Waals surface area contributed by atoms with E-state index in [1.165, 1.54) is 18.2 Å². The molecule has 0 radical (unpaired) electrons. The molecule has 0 fully saturated rings. The highest BCUT2D eigenvalue weighted by Gasteiger charge is 2.20. The molecule has 2 aromatic rings. The van der Waals surface area contributed by atoms with E-state index in [2.05, 4.69) is 0 Å². The molecule has 22 heavy (non-hydrogen) atoms. The summed E-state index contributed by atoms with van der Waals surface area (Å²) in [6.45, 7) is 1.86. The highest BCUT2D eigenvalue weighted by molar-refractivity contribution is 7.95. The second-order valence-corrected chi connectivity index (χ2v) is 6.59. The molecule has 0 amide bonds. The van der Waals surface area contributed by atoms with Crippen LogP contribution in [0.2, 0.25) is 0 Å². The van der Waals surface area contributed by atoms with E-state index in [1.807, 2.05) is 13.0 Å². The van der Waals surface area contributed by atoms with Gasteiger partial charge in [-0.3, -0.25) is 0 Å². The van der Waals surface area contributed by atoms with Gasteiger partial charge in [-0.15, -0.1) is 0 Å². The van der Waals surface area contributed by atoms with Gasteiger partial charge in [0.2, 0.25) is 9.84 Å². The third-order valence-electron chi connectivity index (χ3n) is 3.07. The molecule has 0 atom stereocenters. The van der Waals surface area contributed by atoms with Gasteiger partial charge >= 0.3 is 0 Å². The lowest BCUT2D eigenvalue weighted by Gasteiger charge is -2.04. The number of allylic oxidation sites excluding steroid dienone is 1. The van der Waals surface area contributed by atoms with Gasteiger partial charge in [-0.25, -0.2) is 8.42 Å². The van der Waals surface area contributed by atoms with Crippen LogP contribution < -0.4 is 0 Å². The predicted molar refractivity (Wildman–Crippen MR) is 83.1 cm³/mol. The SMILES string of the molecule is Cc1ccc(S(=O)(=O)/C(C#N)=C/c2ccc(C#N)cc2)cc1. The van der Waals surface area contributed by atoms with E-state index in [-0.39, 0.29) is 9.80 Å². The van der Waals surface area contributed by atoms with E-state index in [4.69, 9.17) is 5.26 Å². The Morgan fingerprint density at radius 2 is 1.59 bits per heavy atom. The number of hydrogen-bond acceptors (Lipinski definition) is 4. The first-order chi connectivity index (χ1) is 10.5. The summed E-state index contributed by atoms with van der Waals surface area (Å²) in [6.07, 6.45) is 1.30. The van der Waals surface area contributed by atoms with Crippen molar-refractivity contribution in [2.75, 3.05) is 0 Å². The van der Waals surface area contributed by atoms with Crippen LogP contribution in [-0.4, -0.2) is 8.42 Å². The molecule has 0 aliphatic carbocycles. The number of hydrogen-bond donors (Lipinski definition) is 0. The summed E-state index contributed by atoms with van der Waals surface area (Å²) in [4.78, 5) is -0.249. The Morgan fingerprint density at radius 1 is 1.00 bits per heavy atom. The molecule has 2 rings (SSSR count). The first kappa shape index (κ1) is 15.5. The number of rotatable bonds is 3. The van der Waals surface area contributed by atoms with E-state index in [1.54, 1.807) is 42.5 Å². The van der Waals surface area contributed by atoms with Crippen LogP contribution >= 0.6 is 0 Å². The largest absolute Gasteiger partial charge is 0.218 e. The van der Waals surface area contributed by atoms with E-state index < -0.39 is 9.84 Å². The normalized spacial score (nSPS) is 11.5. The van der Waals surface area contributed by atoms with Crippen LogP contribution in [0.3, 0.4) is 0 Å². The lowest BCUT2D eigenvalue weighted by molar-refractivity contribution is 0.603. The number of benzene rings is 2. The molecule has 4 nitrogen and oxygen atoms in total. The van der Waals surface area contributed by atoms with Crippen LogP contribution in [0.25, 0.3) is 6.08 Å². The van der Waals surface area contributed by atoms with Crippen LogP contribution in [0.4, 0.5) is 0 Å². The van der Waals surface area contributed by atoms with Gasteiger partial charge < -0.3 is 0 Å². The molecule has 0 saturated carbocycles. The minimum Gasteiger partial charge on any atom is -0.218 e. The third kappa shape index (κ3) is 3.22. The zero-order chi connectivity index (χ0) is 16.2. The average molecular weight is 308 g/mol. The highest BCUT2D eigenvalue weighted by atomic mass is 32.2. The smallest absolute Gasteiger partial charge is 0.216 e. The molecule has 0 saturated heterocycles. The predicted octanol–water partition coefficient (Wildman–Crippen LogP) is 3.21. The molecule has 0 aliphatic heterocycles. The van der Waals surface area contributed by atoms with Crippen LogP contribution in [-0.2, 0) is 9.84 Å². The molecule has 108 valence electrons. The van der Waals surface area contributed by atoms with Gasteiger partial charge in [0.05, 0.1) is 16.5 Å². The molecule has 5 heteroatoms. The number of aryl methyl sites for hydroxylation is 1. The fourth-order valence-electron chi connectivity index (χ4n) is 1.82. The van der Waals surface area contributed by atoms with Crippen molar-refractivity contribution in [1.29, 1.82) is 10.5 Å². The molecular formula is C17H12N2O2S. The summed E-state index contributed by atoms with van der Waals surface area (Å²) in [5.74, 6) is 0. The third-order valence-corrected chi connectivity index (χ3v) is 4.75. The number of nitrogens with zero attached hydrogens (tertiary/aromatic N) is 2. The van der Waals surface area contributed by atoms with Gasteiger partial charge in [-0.2, -0.15) is 10.5 Å². The fourth-order valence-corrected chi connectivity index (χ4v) is 2.98. The fraction of sp³-hybridized carbons (Fsp3) is 0.0588. The summed E-state index contributed by atoms with van der Waals surface area (Å²) in [6, 6.07) is 16.4. The molecule has 0 aromatic heterocycles. The lowest BCUT2D eigenvalue weighted by atomic mass is 10.1. The topological polar surface area (TPSA) is 81.7 Å².